The number of likely N-dealkylation sites (tertiary alicyclic amines) is 1. The van der Waals surface area contributed by atoms with Gasteiger partial charge in [-0.05, 0) is 99.9 Å². The van der Waals surface area contributed by atoms with Crippen LogP contribution < -0.4 is 9.96 Å². The van der Waals surface area contributed by atoms with Crippen LogP contribution in [0.5, 0.6) is 0 Å². The Kier molecular flexibility index (Phi) is 9.44. The van der Waals surface area contributed by atoms with Crippen LogP contribution in [0.3, 0.4) is 0 Å². The molecule has 0 N–H and O–H groups in total. The number of carbonyl (C=O) groups is 2. The first-order valence-corrected chi connectivity index (χ1v) is 16.0. The number of aromatic nitrogens is 3. The predicted octanol–water partition coefficient (Wildman–Crippen LogP) is 4.96. The van der Waals surface area contributed by atoms with Crippen molar-refractivity contribution in [3.8, 4) is 0 Å². The van der Waals surface area contributed by atoms with Crippen LogP contribution in [0.2, 0.25) is 5.02 Å². The minimum Gasteiger partial charge on any atom is -0.384 e. The van der Waals surface area contributed by atoms with Gasteiger partial charge in [0, 0.05) is 55.5 Å². The second-order valence-electron chi connectivity index (χ2n) is 12.3. The number of hydrogen-bond acceptors (Lipinski definition) is 9. The monoisotopic (exact) mass is 645 g/mol. The molecule has 4 aromatic rings. The van der Waals surface area contributed by atoms with Crippen molar-refractivity contribution in [1.29, 1.82) is 0 Å². The van der Waals surface area contributed by atoms with E-state index in [4.69, 9.17) is 26.2 Å². The summed E-state index contributed by atoms with van der Waals surface area (Å²) in [4.78, 5) is 41.4. The summed E-state index contributed by atoms with van der Waals surface area (Å²) in [7, 11) is 5.71. The summed E-state index contributed by atoms with van der Waals surface area (Å²) in [5.74, 6) is 0.167. The van der Waals surface area contributed by atoms with Gasteiger partial charge in [-0.2, -0.15) is 4.98 Å². The maximum atomic E-state index is 13.2. The smallest absolute Gasteiger partial charge is 0.321 e. The molecule has 2 aromatic heterocycles. The van der Waals surface area contributed by atoms with E-state index in [1.807, 2.05) is 42.4 Å². The first-order valence-electron chi connectivity index (χ1n) is 15.6. The van der Waals surface area contributed by atoms with E-state index in [1.165, 1.54) is 10.6 Å². The molecular weight excluding hydrogens is 606 g/mol. The van der Waals surface area contributed by atoms with Crippen LogP contribution in [-0.4, -0.2) is 96.8 Å². The molecule has 2 saturated heterocycles. The molecule has 46 heavy (non-hydrogen) atoms. The maximum absolute atomic E-state index is 13.2. The number of piperidine rings is 2. The molecule has 2 fully saturated rings. The summed E-state index contributed by atoms with van der Waals surface area (Å²) in [6.45, 7) is 4.51. The van der Waals surface area contributed by atoms with E-state index in [0.29, 0.717) is 30.0 Å². The molecular formula is C34H40ClN7O4. The lowest BCUT2D eigenvalue weighted by atomic mass is 9.73. The SMILES string of the molecule is COCC1(c2ccc(Cl)cc2)CCN(c2cccn3nc(N(OC=O)c4ccc(C(=O)N(C)C5CCN(C)CC5)cc4)nc23)CC1. The Hall–Kier alpha value is -4.19. The molecule has 6 rings (SSSR count). The fourth-order valence-electron chi connectivity index (χ4n) is 6.74. The zero-order valence-corrected chi connectivity index (χ0v) is 27.3. The zero-order chi connectivity index (χ0) is 32.3. The topological polar surface area (TPSA) is 95.8 Å². The van der Waals surface area contributed by atoms with Crippen LogP contribution in [-0.2, 0) is 19.8 Å². The molecule has 2 aliphatic heterocycles. The van der Waals surface area contributed by atoms with Crippen molar-refractivity contribution in [2.45, 2.75) is 37.1 Å². The minimum absolute atomic E-state index is 0.0356. The van der Waals surface area contributed by atoms with Crippen LogP contribution in [0.25, 0.3) is 5.65 Å². The number of fused-ring (bicyclic) bond motifs is 1. The molecule has 11 nitrogen and oxygen atoms in total. The summed E-state index contributed by atoms with van der Waals surface area (Å²) in [5.41, 5.74) is 3.79. The highest BCUT2D eigenvalue weighted by Gasteiger charge is 2.37. The molecule has 0 unspecified atom stereocenters. The van der Waals surface area contributed by atoms with Crippen LogP contribution in [0.1, 0.15) is 41.6 Å². The largest absolute Gasteiger partial charge is 0.384 e. The first kappa shape index (κ1) is 31.8. The lowest BCUT2D eigenvalue weighted by Crippen LogP contribution is -2.45. The molecule has 0 saturated carbocycles. The standard InChI is InChI=1S/C34H40ClN7O4/c1-38-19-14-28(15-20-38)39(2)32(44)25-6-12-29(13-7-25)42(46-24-43)33-36-31-30(5-4-18-41(31)37-33)40-21-16-34(17-22-40,23-45-3)26-8-10-27(35)11-9-26/h4-13,18,24,28H,14-17,19-23H2,1-3H3. The van der Waals surface area contributed by atoms with Gasteiger partial charge < -0.3 is 24.3 Å². The van der Waals surface area contributed by atoms with Crippen molar-refractivity contribution >= 4 is 47.0 Å². The van der Waals surface area contributed by atoms with Crippen molar-refractivity contribution in [3.05, 3.63) is 83.0 Å². The van der Waals surface area contributed by atoms with Crippen molar-refractivity contribution in [2.24, 2.45) is 0 Å². The molecule has 0 bridgehead atoms. The van der Waals surface area contributed by atoms with Gasteiger partial charge in [0.15, 0.2) is 5.65 Å². The molecule has 4 heterocycles. The van der Waals surface area contributed by atoms with Crippen molar-refractivity contribution in [1.82, 2.24) is 24.4 Å². The Bertz CT molecular complexity index is 1650. The number of ether oxygens (including phenoxy) is 1. The fourth-order valence-corrected chi connectivity index (χ4v) is 6.87. The lowest BCUT2D eigenvalue weighted by molar-refractivity contribution is -0.128. The summed E-state index contributed by atoms with van der Waals surface area (Å²) in [6.07, 6.45) is 5.51. The average molecular weight is 646 g/mol. The molecule has 12 heteroatoms. The lowest BCUT2D eigenvalue weighted by Gasteiger charge is -2.42. The number of rotatable bonds is 10. The van der Waals surface area contributed by atoms with E-state index in [9.17, 15) is 9.59 Å². The third-order valence-corrected chi connectivity index (χ3v) is 9.76. The van der Waals surface area contributed by atoms with Crippen molar-refractivity contribution < 1.29 is 19.2 Å². The molecule has 0 aliphatic carbocycles. The van der Waals surface area contributed by atoms with Gasteiger partial charge in [-0.1, -0.05) is 23.7 Å². The molecule has 1 amide bonds. The van der Waals surface area contributed by atoms with E-state index in [1.54, 1.807) is 35.9 Å². The maximum Gasteiger partial charge on any atom is 0.321 e. The Balaban J connectivity index is 1.21. The van der Waals surface area contributed by atoms with Crippen LogP contribution in [0, 0.1) is 0 Å². The average Bonchev–Trinajstić information content (AvgIpc) is 3.52. The van der Waals surface area contributed by atoms with E-state index in [0.717, 1.165) is 62.6 Å². The highest BCUT2D eigenvalue weighted by atomic mass is 35.5. The molecule has 242 valence electrons. The summed E-state index contributed by atoms with van der Waals surface area (Å²) in [6, 6.07) is 19.2. The highest BCUT2D eigenvalue weighted by molar-refractivity contribution is 6.30. The fraction of sp³-hybridized carbons (Fsp3) is 0.412. The Morgan fingerprint density at radius 2 is 1.74 bits per heavy atom. The van der Waals surface area contributed by atoms with Gasteiger partial charge >= 0.3 is 6.47 Å². The highest BCUT2D eigenvalue weighted by Crippen LogP contribution is 2.39. The Morgan fingerprint density at radius 3 is 2.39 bits per heavy atom. The second-order valence-corrected chi connectivity index (χ2v) is 12.7. The minimum atomic E-state index is -0.107. The molecule has 2 aromatic carbocycles. The number of anilines is 3. The summed E-state index contributed by atoms with van der Waals surface area (Å²) in [5, 5.41) is 6.63. The number of nitrogens with zero attached hydrogens (tertiary/aromatic N) is 7. The number of methoxy groups -OCH3 is 1. The number of carbonyl (C=O) groups excluding carboxylic acids is 2. The van der Waals surface area contributed by atoms with E-state index >= 15 is 0 Å². The van der Waals surface area contributed by atoms with Gasteiger partial charge in [0.1, 0.15) is 0 Å². The summed E-state index contributed by atoms with van der Waals surface area (Å²) < 4.78 is 7.38. The number of hydrogen-bond donors (Lipinski definition) is 0. The normalized spacial score (nSPS) is 17.2. The van der Waals surface area contributed by atoms with E-state index in [-0.39, 0.29) is 23.3 Å². The van der Waals surface area contributed by atoms with Crippen LogP contribution in [0.4, 0.5) is 17.3 Å². The van der Waals surface area contributed by atoms with Crippen molar-refractivity contribution in [3.63, 3.8) is 0 Å². The molecule has 0 spiro atoms. The van der Waals surface area contributed by atoms with Gasteiger partial charge in [-0.25, -0.2) is 4.52 Å². The summed E-state index contributed by atoms with van der Waals surface area (Å²) >= 11 is 6.17. The molecule has 0 atom stereocenters. The van der Waals surface area contributed by atoms with Gasteiger partial charge in [-0.3, -0.25) is 9.59 Å². The quantitative estimate of drug-likeness (QED) is 0.175. The zero-order valence-electron chi connectivity index (χ0n) is 26.5. The van der Waals surface area contributed by atoms with E-state index < -0.39 is 0 Å². The van der Waals surface area contributed by atoms with Gasteiger partial charge in [0.05, 0.1) is 18.0 Å². The Morgan fingerprint density at radius 1 is 1.04 bits per heavy atom. The van der Waals surface area contributed by atoms with Gasteiger partial charge in [-0.15, -0.1) is 10.2 Å². The van der Waals surface area contributed by atoms with Crippen LogP contribution in [0.15, 0.2) is 66.9 Å². The first-order chi connectivity index (χ1) is 22.3. The number of pyridine rings is 1. The third kappa shape index (κ3) is 6.40. The Labute approximate surface area is 274 Å². The van der Waals surface area contributed by atoms with E-state index in [2.05, 4.69) is 34.1 Å². The van der Waals surface area contributed by atoms with Crippen LogP contribution >= 0.6 is 11.6 Å². The predicted molar refractivity (Wildman–Crippen MR) is 178 cm³/mol. The molecule has 0 radical (unpaired) electrons. The second kappa shape index (κ2) is 13.7. The third-order valence-electron chi connectivity index (χ3n) is 9.50. The number of halogens is 1. The van der Waals surface area contributed by atoms with Crippen molar-refractivity contribution in [2.75, 3.05) is 64.0 Å². The number of amides is 1. The van der Waals surface area contributed by atoms with Gasteiger partial charge in [0.25, 0.3) is 11.9 Å². The molecule has 2 aliphatic rings. The van der Waals surface area contributed by atoms with Gasteiger partial charge in [0.2, 0.25) is 0 Å². The number of benzene rings is 2.